The monoisotopic (exact) mass is 437 g/mol. The van der Waals surface area contributed by atoms with Gasteiger partial charge in [-0.2, -0.15) is 0 Å². The van der Waals surface area contributed by atoms with E-state index in [4.69, 9.17) is 4.74 Å². The second kappa shape index (κ2) is 9.97. The molecule has 0 spiro atoms. The van der Waals surface area contributed by atoms with Gasteiger partial charge in [0.05, 0.1) is 0 Å². The molecule has 0 saturated heterocycles. The van der Waals surface area contributed by atoms with Crippen LogP contribution in [0.5, 0.6) is 5.75 Å². The summed E-state index contributed by atoms with van der Waals surface area (Å²) in [6.45, 7) is 2.46. The van der Waals surface area contributed by atoms with Gasteiger partial charge in [-0.15, -0.1) is 0 Å². The zero-order valence-corrected chi connectivity index (χ0v) is 16.7. The highest BCUT2D eigenvalue weighted by molar-refractivity contribution is 8.13. The van der Waals surface area contributed by atoms with Crippen LogP contribution in [0.3, 0.4) is 0 Å². The number of rotatable bonds is 7. The van der Waals surface area contributed by atoms with Gasteiger partial charge in [-0.1, -0.05) is 17.8 Å². The van der Waals surface area contributed by atoms with Crippen molar-refractivity contribution < 1.29 is 37.8 Å². The molecule has 0 unspecified atom stereocenters. The molecule has 0 heterocycles. The molecule has 2 aromatic rings. The van der Waals surface area contributed by atoms with Crippen molar-refractivity contribution >= 4 is 34.7 Å². The van der Waals surface area contributed by atoms with E-state index < -0.39 is 41.1 Å². The molecule has 0 saturated carbocycles. The number of thioether (sulfide) groups is 1. The van der Waals surface area contributed by atoms with Gasteiger partial charge in [0, 0.05) is 31.2 Å². The summed E-state index contributed by atoms with van der Waals surface area (Å²) in [4.78, 5) is 46.5. The number of aromatic carboxylic acids is 1. The predicted octanol–water partition coefficient (Wildman–Crippen LogP) is 3.02. The molecule has 2 rings (SSSR count). The molecule has 0 bridgehead atoms. The van der Waals surface area contributed by atoms with E-state index in [2.05, 4.69) is 5.32 Å². The number of carboxylic acids is 1. The van der Waals surface area contributed by atoms with Crippen LogP contribution in [0, 0.1) is 11.6 Å². The number of esters is 1. The fourth-order valence-corrected chi connectivity index (χ4v) is 3.09. The molecule has 7 nitrogen and oxygen atoms in total. The van der Waals surface area contributed by atoms with Gasteiger partial charge in [-0.3, -0.25) is 9.59 Å². The number of carbonyl (C=O) groups is 4. The number of hydrogen-bond donors (Lipinski definition) is 2. The first-order chi connectivity index (χ1) is 14.1. The molecule has 0 radical (unpaired) electrons. The van der Waals surface area contributed by atoms with Crippen molar-refractivity contribution in [2.75, 3.05) is 5.75 Å². The summed E-state index contributed by atoms with van der Waals surface area (Å²) in [5.74, 6) is -5.06. The Balaban J connectivity index is 2.33. The lowest BCUT2D eigenvalue weighted by atomic mass is 10.0. The third kappa shape index (κ3) is 6.11. The van der Waals surface area contributed by atoms with Crippen molar-refractivity contribution in [3.05, 3.63) is 53.6 Å². The van der Waals surface area contributed by atoms with Gasteiger partial charge < -0.3 is 15.2 Å². The van der Waals surface area contributed by atoms with E-state index in [1.165, 1.54) is 19.9 Å². The van der Waals surface area contributed by atoms with E-state index in [9.17, 15) is 33.1 Å². The predicted molar refractivity (Wildman–Crippen MR) is 105 cm³/mol. The van der Waals surface area contributed by atoms with E-state index in [0.717, 1.165) is 36.0 Å². The van der Waals surface area contributed by atoms with Gasteiger partial charge in [0.1, 0.15) is 29.0 Å². The maximum absolute atomic E-state index is 14.0. The Hall–Kier alpha value is -3.27. The number of halogens is 2. The van der Waals surface area contributed by atoms with Crippen molar-refractivity contribution in [2.45, 2.75) is 19.9 Å². The molecule has 0 aliphatic heterocycles. The van der Waals surface area contributed by atoms with E-state index in [-0.39, 0.29) is 27.7 Å². The number of amides is 1. The Morgan fingerprint density at radius 2 is 1.80 bits per heavy atom. The number of carboxylic acid groups (broad SMARTS) is 1. The average molecular weight is 437 g/mol. The Labute approximate surface area is 174 Å². The minimum Gasteiger partial charge on any atom is -0.478 e. The van der Waals surface area contributed by atoms with Gasteiger partial charge in [0.2, 0.25) is 5.91 Å². The van der Waals surface area contributed by atoms with E-state index in [1.54, 1.807) is 0 Å². The minimum atomic E-state index is -1.45. The van der Waals surface area contributed by atoms with Crippen molar-refractivity contribution in [1.29, 1.82) is 0 Å². The van der Waals surface area contributed by atoms with Crippen molar-refractivity contribution in [3.8, 4) is 16.9 Å². The van der Waals surface area contributed by atoms with Crippen LogP contribution in [0.25, 0.3) is 11.1 Å². The van der Waals surface area contributed by atoms with Crippen molar-refractivity contribution in [3.63, 3.8) is 0 Å². The van der Waals surface area contributed by atoms with Crippen LogP contribution in [-0.4, -0.2) is 39.9 Å². The normalized spacial score (nSPS) is 11.5. The average Bonchev–Trinajstić information content (AvgIpc) is 2.65. The number of carbonyl (C=O) groups excluding carboxylic acids is 3. The van der Waals surface area contributed by atoms with Crippen LogP contribution in [0.2, 0.25) is 0 Å². The summed E-state index contributed by atoms with van der Waals surface area (Å²) in [6.07, 6.45) is 0. The van der Waals surface area contributed by atoms with Gasteiger partial charge >= 0.3 is 11.9 Å². The highest BCUT2D eigenvalue weighted by Crippen LogP contribution is 2.29. The highest BCUT2D eigenvalue weighted by Gasteiger charge is 2.25. The summed E-state index contributed by atoms with van der Waals surface area (Å²) in [5.41, 5.74) is -0.341. The van der Waals surface area contributed by atoms with Gasteiger partial charge in [0.25, 0.3) is 0 Å². The molecule has 2 aromatic carbocycles. The lowest BCUT2D eigenvalue weighted by molar-refractivity contribution is -0.138. The van der Waals surface area contributed by atoms with Gasteiger partial charge in [0.15, 0.2) is 5.12 Å². The van der Waals surface area contributed by atoms with E-state index in [0.29, 0.717) is 6.07 Å². The van der Waals surface area contributed by atoms with Crippen LogP contribution < -0.4 is 10.1 Å². The molecular formula is C20H17F2NO6S. The minimum absolute atomic E-state index is 0.0363. The summed E-state index contributed by atoms with van der Waals surface area (Å²) < 4.78 is 32.3. The van der Waals surface area contributed by atoms with Gasteiger partial charge in [-0.25, -0.2) is 18.4 Å². The topological polar surface area (TPSA) is 110 Å². The Morgan fingerprint density at radius 1 is 1.10 bits per heavy atom. The molecule has 0 fully saturated rings. The quantitative estimate of drug-likeness (QED) is 0.506. The number of benzene rings is 2. The summed E-state index contributed by atoms with van der Waals surface area (Å²) in [5, 5.41) is 11.5. The highest BCUT2D eigenvalue weighted by atomic mass is 32.2. The first-order valence-electron chi connectivity index (χ1n) is 8.53. The molecule has 30 heavy (non-hydrogen) atoms. The Morgan fingerprint density at radius 3 is 2.37 bits per heavy atom. The SMILES string of the molecule is CC(=O)N[C@H](CSC(C)=O)C(=O)Oc1ccc(-c2ccc(F)cc2F)cc1C(=O)O. The smallest absolute Gasteiger partial charge is 0.339 e. The Bertz CT molecular complexity index is 1010. The second-order valence-electron chi connectivity index (χ2n) is 6.12. The van der Waals surface area contributed by atoms with Crippen molar-refractivity contribution in [2.24, 2.45) is 0 Å². The molecule has 1 amide bonds. The van der Waals surface area contributed by atoms with Gasteiger partial charge in [-0.05, 0) is 29.8 Å². The lowest BCUT2D eigenvalue weighted by Crippen LogP contribution is -2.44. The zero-order valence-electron chi connectivity index (χ0n) is 15.9. The third-order valence-electron chi connectivity index (χ3n) is 3.78. The van der Waals surface area contributed by atoms with Crippen molar-refractivity contribution in [1.82, 2.24) is 5.32 Å². The second-order valence-corrected chi connectivity index (χ2v) is 7.31. The number of nitrogens with one attached hydrogen (secondary N) is 1. The van der Waals surface area contributed by atoms with E-state index in [1.807, 2.05) is 0 Å². The maximum Gasteiger partial charge on any atom is 0.339 e. The molecule has 0 aromatic heterocycles. The van der Waals surface area contributed by atoms with E-state index >= 15 is 0 Å². The fourth-order valence-electron chi connectivity index (χ4n) is 2.47. The van der Waals surface area contributed by atoms with Crippen LogP contribution in [0.15, 0.2) is 36.4 Å². The van der Waals surface area contributed by atoms with Crippen LogP contribution in [0.1, 0.15) is 24.2 Å². The molecule has 158 valence electrons. The molecule has 10 heteroatoms. The molecule has 1 atom stereocenters. The van der Waals surface area contributed by atoms with Crippen LogP contribution in [0.4, 0.5) is 8.78 Å². The number of ether oxygens (including phenoxy) is 1. The summed E-state index contributed by atoms with van der Waals surface area (Å²) in [6, 6.07) is 5.20. The molecule has 0 aliphatic rings. The maximum atomic E-state index is 14.0. The molecular weight excluding hydrogens is 420 g/mol. The third-order valence-corrected chi connectivity index (χ3v) is 4.68. The largest absolute Gasteiger partial charge is 0.478 e. The Kier molecular flexibility index (Phi) is 7.65. The first-order valence-corrected chi connectivity index (χ1v) is 9.52. The zero-order chi connectivity index (χ0) is 22.4. The molecule has 2 N–H and O–H groups in total. The standard InChI is InChI=1S/C20H17F2NO6S/c1-10(24)23-17(9-30-11(2)25)20(28)29-18-6-3-12(7-15(18)19(26)27)14-5-4-13(21)8-16(14)22/h3-8,17H,9H2,1-2H3,(H,23,24)(H,26,27)/t17-/m1/s1. The lowest BCUT2D eigenvalue weighted by Gasteiger charge is -2.17. The van der Waals surface area contributed by atoms with Crippen LogP contribution in [-0.2, 0) is 14.4 Å². The van der Waals surface area contributed by atoms with Crippen LogP contribution >= 0.6 is 11.8 Å². The number of hydrogen-bond acceptors (Lipinski definition) is 6. The summed E-state index contributed by atoms with van der Waals surface area (Å²) in [7, 11) is 0. The first kappa shape index (κ1) is 23.0. The fraction of sp³-hybridized carbons (Fsp3) is 0.200. The molecule has 0 aliphatic carbocycles. The summed E-state index contributed by atoms with van der Waals surface area (Å²) >= 11 is 0.790.